The van der Waals surface area contributed by atoms with Crippen molar-refractivity contribution in [1.82, 2.24) is 14.7 Å². The Balaban J connectivity index is 1.82. The van der Waals surface area contributed by atoms with Gasteiger partial charge in [-0.2, -0.15) is 0 Å². The minimum absolute atomic E-state index is 0.701. The van der Waals surface area contributed by atoms with Crippen molar-refractivity contribution in [1.29, 1.82) is 0 Å². The molecule has 2 fully saturated rings. The number of likely N-dealkylation sites (tertiary alicyclic amines) is 1. The maximum atomic E-state index is 2.80. The monoisotopic (exact) mass is 281 g/mol. The average molecular weight is 281 g/mol. The summed E-state index contributed by atoms with van der Waals surface area (Å²) in [6.07, 6.45) is 4.03. The molecule has 0 aromatic rings. The van der Waals surface area contributed by atoms with Crippen molar-refractivity contribution in [3.63, 3.8) is 0 Å². The van der Waals surface area contributed by atoms with Crippen molar-refractivity contribution in [3.8, 4) is 0 Å². The summed E-state index contributed by atoms with van der Waals surface area (Å²) in [5, 5.41) is 0. The molecule has 3 heteroatoms. The van der Waals surface area contributed by atoms with E-state index in [1.165, 1.54) is 52.0 Å². The van der Waals surface area contributed by atoms with Gasteiger partial charge in [-0.1, -0.05) is 6.92 Å². The molecule has 2 aliphatic rings. The third-order valence-electron chi connectivity index (χ3n) is 5.62. The molecule has 20 heavy (non-hydrogen) atoms. The summed E-state index contributed by atoms with van der Waals surface area (Å²) in [6.45, 7) is 18.2. The van der Waals surface area contributed by atoms with Crippen LogP contribution in [-0.4, -0.2) is 71.6 Å². The maximum absolute atomic E-state index is 2.80. The molecular weight excluding hydrogens is 246 g/mol. The van der Waals surface area contributed by atoms with Gasteiger partial charge in [-0.3, -0.25) is 9.80 Å². The molecule has 2 rings (SSSR count). The number of piperidine rings is 1. The van der Waals surface area contributed by atoms with Crippen LogP contribution in [0.5, 0.6) is 0 Å². The summed E-state index contributed by atoms with van der Waals surface area (Å²) in [4.78, 5) is 8.12. The third-order valence-corrected chi connectivity index (χ3v) is 5.62. The van der Waals surface area contributed by atoms with E-state index in [2.05, 4.69) is 49.3 Å². The van der Waals surface area contributed by atoms with Gasteiger partial charge < -0.3 is 4.90 Å². The van der Waals surface area contributed by atoms with E-state index < -0.39 is 0 Å². The molecular formula is C17H35N3. The van der Waals surface area contributed by atoms with Gasteiger partial charge in [-0.05, 0) is 60.0 Å². The summed E-state index contributed by atoms with van der Waals surface area (Å²) in [5.74, 6) is 0. The third kappa shape index (κ3) is 3.75. The second-order valence-corrected chi connectivity index (χ2v) is 7.20. The SMILES string of the molecule is CCC(C)N1CCC(N2CCN(C(C)C)C[C@@H]2C)CC1. The van der Waals surface area contributed by atoms with Gasteiger partial charge in [0.25, 0.3) is 0 Å². The summed E-state index contributed by atoms with van der Waals surface area (Å²) in [5.41, 5.74) is 0. The number of rotatable bonds is 4. The van der Waals surface area contributed by atoms with Gasteiger partial charge in [-0.25, -0.2) is 0 Å². The van der Waals surface area contributed by atoms with E-state index in [-0.39, 0.29) is 0 Å². The van der Waals surface area contributed by atoms with E-state index in [1.807, 2.05) is 0 Å². The van der Waals surface area contributed by atoms with Crippen LogP contribution in [0.4, 0.5) is 0 Å². The molecule has 0 saturated carbocycles. The van der Waals surface area contributed by atoms with Gasteiger partial charge in [0.1, 0.15) is 0 Å². The Labute approximate surface area is 126 Å². The van der Waals surface area contributed by atoms with E-state index in [0.717, 1.165) is 18.1 Å². The number of hydrogen-bond donors (Lipinski definition) is 0. The normalized spacial score (nSPS) is 30.0. The van der Waals surface area contributed by atoms with Crippen LogP contribution in [-0.2, 0) is 0 Å². The van der Waals surface area contributed by atoms with Crippen LogP contribution in [0.1, 0.15) is 53.9 Å². The van der Waals surface area contributed by atoms with Crippen LogP contribution in [0.2, 0.25) is 0 Å². The molecule has 2 aliphatic heterocycles. The van der Waals surface area contributed by atoms with Gasteiger partial charge in [-0.15, -0.1) is 0 Å². The maximum Gasteiger partial charge on any atom is 0.0198 e. The van der Waals surface area contributed by atoms with E-state index in [9.17, 15) is 0 Å². The lowest BCUT2D eigenvalue weighted by molar-refractivity contribution is 0.00697. The van der Waals surface area contributed by atoms with Crippen molar-refractivity contribution >= 4 is 0 Å². The Hall–Kier alpha value is -0.120. The fourth-order valence-corrected chi connectivity index (χ4v) is 3.93. The summed E-state index contributed by atoms with van der Waals surface area (Å²) < 4.78 is 0. The van der Waals surface area contributed by atoms with Gasteiger partial charge in [0, 0.05) is 43.8 Å². The van der Waals surface area contributed by atoms with Gasteiger partial charge >= 0.3 is 0 Å². The van der Waals surface area contributed by atoms with Crippen molar-refractivity contribution in [2.75, 3.05) is 32.7 Å². The smallest absolute Gasteiger partial charge is 0.0198 e. The van der Waals surface area contributed by atoms with Gasteiger partial charge in [0.05, 0.1) is 0 Å². The molecule has 0 spiro atoms. The molecule has 0 amide bonds. The Morgan fingerprint density at radius 3 is 2.10 bits per heavy atom. The molecule has 1 unspecified atom stereocenters. The van der Waals surface area contributed by atoms with Crippen molar-refractivity contribution in [2.24, 2.45) is 0 Å². The Bertz CT molecular complexity index is 284. The van der Waals surface area contributed by atoms with Gasteiger partial charge in [0.15, 0.2) is 0 Å². The quantitative estimate of drug-likeness (QED) is 0.784. The first-order chi connectivity index (χ1) is 9.52. The average Bonchev–Trinajstić information content (AvgIpc) is 2.46. The first-order valence-corrected chi connectivity index (χ1v) is 8.76. The molecule has 0 aromatic heterocycles. The first-order valence-electron chi connectivity index (χ1n) is 8.76. The Morgan fingerprint density at radius 1 is 0.950 bits per heavy atom. The molecule has 0 radical (unpaired) electrons. The predicted molar refractivity (Wildman–Crippen MR) is 87.2 cm³/mol. The molecule has 0 N–H and O–H groups in total. The zero-order valence-electron chi connectivity index (χ0n) is 14.3. The molecule has 2 atom stereocenters. The lowest BCUT2D eigenvalue weighted by atomic mass is 9.98. The van der Waals surface area contributed by atoms with E-state index in [4.69, 9.17) is 0 Å². The largest absolute Gasteiger partial charge is 0.301 e. The molecule has 2 saturated heterocycles. The minimum Gasteiger partial charge on any atom is -0.301 e. The number of piperazine rings is 1. The van der Waals surface area contributed by atoms with Crippen molar-refractivity contribution in [3.05, 3.63) is 0 Å². The Kier molecular flexibility index (Phi) is 5.88. The highest BCUT2D eigenvalue weighted by Gasteiger charge is 2.32. The van der Waals surface area contributed by atoms with E-state index >= 15 is 0 Å². The lowest BCUT2D eigenvalue weighted by Gasteiger charge is -2.48. The fourth-order valence-electron chi connectivity index (χ4n) is 3.93. The van der Waals surface area contributed by atoms with Crippen LogP contribution in [0.3, 0.4) is 0 Å². The summed E-state index contributed by atoms with van der Waals surface area (Å²) in [6, 6.07) is 3.03. The van der Waals surface area contributed by atoms with Crippen LogP contribution in [0.15, 0.2) is 0 Å². The fraction of sp³-hybridized carbons (Fsp3) is 1.00. The molecule has 0 aromatic carbocycles. The van der Waals surface area contributed by atoms with Crippen molar-refractivity contribution < 1.29 is 0 Å². The molecule has 3 nitrogen and oxygen atoms in total. The summed E-state index contributed by atoms with van der Waals surface area (Å²) in [7, 11) is 0. The van der Waals surface area contributed by atoms with Crippen LogP contribution in [0, 0.1) is 0 Å². The highest BCUT2D eigenvalue weighted by Crippen LogP contribution is 2.23. The highest BCUT2D eigenvalue weighted by molar-refractivity contribution is 4.88. The van der Waals surface area contributed by atoms with Crippen molar-refractivity contribution in [2.45, 2.75) is 78.0 Å². The second kappa shape index (κ2) is 7.24. The predicted octanol–water partition coefficient (Wildman–Crippen LogP) is 2.66. The molecule has 0 bridgehead atoms. The van der Waals surface area contributed by atoms with Gasteiger partial charge in [0.2, 0.25) is 0 Å². The molecule has 2 heterocycles. The summed E-state index contributed by atoms with van der Waals surface area (Å²) >= 11 is 0. The lowest BCUT2D eigenvalue weighted by Crippen LogP contribution is -2.58. The second-order valence-electron chi connectivity index (χ2n) is 7.20. The topological polar surface area (TPSA) is 9.72 Å². The molecule has 118 valence electrons. The zero-order chi connectivity index (χ0) is 14.7. The standard InChI is InChI=1S/C17H35N3/c1-6-15(4)18-9-7-17(8-10-18)20-12-11-19(14(2)3)13-16(20)5/h14-17H,6-13H2,1-5H3/t15?,16-/m0/s1. The van der Waals surface area contributed by atoms with E-state index in [1.54, 1.807) is 0 Å². The van der Waals surface area contributed by atoms with E-state index in [0.29, 0.717) is 6.04 Å². The minimum atomic E-state index is 0.701. The number of nitrogens with zero attached hydrogens (tertiary/aromatic N) is 3. The molecule has 0 aliphatic carbocycles. The number of hydrogen-bond acceptors (Lipinski definition) is 3. The zero-order valence-corrected chi connectivity index (χ0v) is 14.3. The first kappa shape index (κ1) is 16.3. The van der Waals surface area contributed by atoms with Crippen LogP contribution < -0.4 is 0 Å². The van der Waals surface area contributed by atoms with Crippen LogP contribution in [0.25, 0.3) is 0 Å². The Morgan fingerprint density at radius 2 is 1.60 bits per heavy atom. The van der Waals surface area contributed by atoms with Crippen LogP contribution >= 0.6 is 0 Å². The highest BCUT2D eigenvalue weighted by atomic mass is 15.3.